The van der Waals surface area contributed by atoms with E-state index >= 15 is 0 Å². The molecular weight excluding hydrogens is 320 g/mol. The van der Waals surface area contributed by atoms with Gasteiger partial charge in [-0.05, 0) is 26.3 Å². The van der Waals surface area contributed by atoms with Gasteiger partial charge >= 0.3 is 0 Å². The fourth-order valence-corrected chi connectivity index (χ4v) is 3.08. The number of carbonyl (C=O) groups is 1. The number of ether oxygens (including phenoxy) is 1. The lowest BCUT2D eigenvalue weighted by atomic mass is 9.97. The molecule has 0 aliphatic carbocycles. The van der Waals surface area contributed by atoms with E-state index in [-0.39, 0.29) is 29.9 Å². The third-order valence-electron chi connectivity index (χ3n) is 4.41. The summed E-state index contributed by atoms with van der Waals surface area (Å²) in [6, 6.07) is 2.16. The molecule has 1 saturated heterocycles. The first-order valence-corrected chi connectivity index (χ1v) is 8.81. The van der Waals surface area contributed by atoms with Gasteiger partial charge in [0.15, 0.2) is 5.82 Å². The maximum atomic E-state index is 12.7. The zero-order valence-electron chi connectivity index (χ0n) is 15.2. The highest BCUT2D eigenvalue weighted by molar-refractivity contribution is 5.79. The molecule has 2 N–H and O–H groups in total. The van der Waals surface area contributed by atoms with E-state index in [0.717, 1.165) is 11.5 Å². The average molecular weight is 346 g/mol. The Bertz CT molecular complexity index is 720. The second-order valence-electron chi connectivity index (χ2n) is 6.99. The Morgan fingerprint density at radius 3 is 2.92 bits per heavy atom. The van der Waals surface area contributed by atoms with Crippen molar-refractivity contribution in [2.24, 2.45) is 5.92 Å². The van der Waals surface area contributed by atoms with Crippen molar-refractivity contribution in [2.75, 3.05) is 6.61 Å². The summed E-state index contributed by atoms with van der Waals surface area (Å²) in [5.41, 5.74) is 0.953. The number of H-pyrrole nitrogens is 1. The van der Waals surface area contributed by atoms with Gasteiger partial charge in [0.1, 0.15) is 11.9 Å². The van der Waals surface area contributed by atoms with E-state index in [2.05, 4.69) is 39.4 Å². The van der Waals surface area contributed by atoms with Crippen molar-refractivity contribution >= 4 is 5.91 Å². The summed E-state index contributed by atoms with van der Waals surface area (Å²) < 4.78 is 7.77. The number of carbonyl (C=O) groups excluding carboxylic acids is 1. The summed E-state index contributed by atoms with van der Waals surface area (Å²) in [5, 5.41) is 14.3. The van der Waals surface area contributed by atoms with Crippen molar-refractivity contribution in [2.45, 2.75) is 58.7 Å². The van der Waals surface area contributed by atoms with Crippen LogP contribution >= 0.6 is 0 Å². The van der Waals surface area contributed by atoms with Gasteiger partial charge in [0.05, 0.1) is 18.2 Å². The average Bonchev–Trinajstić information content (AvgIpc) is 3.30. The third kappa shape index (κ3) is 3.73. The molecule has 2 atom stereocenters. The minimum Gasteiger partial charge on any atom is -0.371 e. The van der Waals surface area contributed by atoms with Crippen LogP contribution in [-0.4, -0.2) is 37.5 Å². The molecule has 1 aliphatic rings. The molecule has 3 rings (SSSR count). The molecule has 2 aromatic rings. The fraction of sp³-hybridized carbons (Fsp3) is 0.647. The molecule has 8 heteroatoms. The predicted molar refractivity (Wildman–Crippen MR) is 91.7 cm³/mol. The number of nitrogens with one attached hydrogen (secondary N) is 2. The second-order valence-corrected chi connectivity index (χ2v) is 6.99. The summed E-state index contributed by atoms with van der Waals surface area (Å²) in [5.74, 6) is 1.43. The van der Waals surface area contributed by atoms with Crippen molar-refractivity contribution in [1.82, 2.24) is 30.3 Å². The highest BCUT2D eigenvalue weighted by atomic mass is 16.5. The third-order valence-corrected chi connectivity index (χ3v) is 4.41. The monoisotopic (exact) mass is 346 g/mol. The van der Waals surface area contributed by atoms with Crippen LogP contribution < -0.4 is 5.32 Å². The first-order valence-electron chi connectivity index (χ1n) is 8.81. The minimum absolute atomic E-state index is 0.0264. The number of aromatic amines is 1. The van der Waals surface area contributed by atoms with Crippen LogP contribution in [0.25, 0.3) is 0 Å². The van der Waals surface area contributed by atoms with E-state index in [4.69, 9.17) is 4.74 Å². The van der Waals surface area contributed by atoms with E-state index in [1.165, 1.54) is 0 Å². The van der Waals surface area contributed by atoms with Crippen LogP contribution in [0.3, 0.4) is 0 Å². The maximum Gasteiger partial charge on any atom is 0.226 e. The molecule has 0 spiro atoms. The van der Waals surface area contributed by atoms with Crippen LogP contribution in [0.1, 0.15) is 69.5 Å². The maximum absolute atomic E-state index is 12.7. The predicted octanol–water partition coefficient (Wildman–Crippen LogP) is 2.10. The van der Waals surface area contributed by atoms with Gasteiger partial charge < -0.3 is 10.1 Å². The van der Waals surface area contributed by atoms with E-state index in [0.29, 0.717) is 25.4 Å². The zero-order valence-corrected chi connectivity index (χ0v) is 15.2. The van der Waals surface area contributed by atoms with Gasteiger partial charge in [0, 0.05) is 24.8 Å². The summed E-state index contributed by atoms with van der Waals surface area (Å²) >= 11 is 0. The van der Waals surface area contributed by atoms with Gasteiger partial charge in [-0.15, -0.1) is 0 Å². The van der Waals surface area contributed by atoms with Crippen LogP contribution in [0.2, 0.25) is 0 Å². The van der Waals surface area contributed by atoms with Crippen LogP contribution in [0.5, 0.6) is 0 Å². The lowest BCUT2D eigenvalue weighted by Crippen LogP contribution is -2.33. The lowest BCUT2D eigenvalue weighted by Gasteiger charge is -2.20. The zero-order chi connectivity index (χ0) is 18.0. The van der Waals surface area contributed by atoms with Crippen molar-refractivity contribution in [3.05, 3.63) is 29.6 Å². The Kier molecular flexibility index (Phi) is 5.17. The highest BCUT2D eigenvalue weighted by Gasteiger charge is 2.37. The molecule has 0 bridgehead atoms. The second kappa shape index (κ2) is 7.35. The molecule has 0 radical (unpaired) electrons. The number of aromatic nitrogens is 5. The summed E-state index contributed by atoms with van der Waals surface area (Å²) in [4.78, 5) is 17.1. The highest BCUT2D eigenvalue weighted by Crippen LogP contribution is 2.35. The van der Waals surface area contributed by atoms with Crippen molar-refractivity contribution in [3.8, 4) is 0 Å². The number of amides is 1. The van der Waals surface area contributed by atoms with E-state index in [1.54, 1.807) is 6.20 Å². The molecule has 0 saturated carbocycles. The molecule has 1 amide bonds. The van der Waals surface area contributed by atoms with Crippen molar-refractivity contribution in [3.63, 3.8) is 0 Å². The van der Waals surface area contributed by atoms with Gasteiger partial charge in [-0.2, -0.15) is 10.2 Å². The van der Waals surface area contributed by atoms with Crippen LogP contribution in [0.15, 0.2) is 12.3 Å². The molecule has 0 aromatic carbocycles. The van der Waals surface area contributed by atoms with E-state index < -0.39 is 0 Å². The molecule has 0 unspecified atom stereocenters. The molecule has 1 aliphatic heterocycles. The molecular formula is C17H26N6O2. The molecule has 136 valence electrons. The smallest absolute Gasteiger partial charge is 0.226 e. The largest absolute Gasteiger partial charge is 0.371 e. The molecule has 1 fully saturated rings. The summed E-state index contributed by atoms with van der Waals surface area (Å²) in [6.45, 7) is 9.11. The number of hydrogen-bond acceptors (Lipinski definition) is 5. The van der Waals surface area contributed by atoms with Crippen LogP contribution in [-0.2, 0) is 16.1 Å². The first-order chi connectivity index (χ1) is 12.0. The number of rotatable bonds is 6. The lowest BCUT2D eigenvalue weighted by molar-refractivity contribution is -0.127. The Morgan fingerprint density at radius 1 is 1.44 bits per heavy atom. The summed E-state index contributed by atoms with van der Waals surface area (Å²) in [6.07, 6.45) is 2.20. The van der Waals surface area contributed by atoms with Gasteiger partial charge in [0.25, 0.3) is 0 Å². The van der Waals surface area contributed by atoms with Crippen molar-refractivity contribution in [1.29, 1.82) is 0 Å². The molecule has 2 aromatic heterocycles. The minimum atomic E-state index is -0.258. The first kappa shape index (κ1) is 17.6. The van der Waals surface area contributed by atoms with Gasteiger partial charge in [-0.25, -0.2) is 4.98 Å². The van der Waals surface area contributed by atoms with E-state index in [1.807, 2.05) is 24.6 Å². The van der Waals surface area contributed by atoms with Gasteiger partial charge in [0.2, 0.25) is 5.91 Å². The Morgan fingerprint density at radius 2 is 2.24 bits per heavy atom. The number of hydrogen-bond donors (Lipinski definition) is 2. The fourth-order valence-electron chi connectivity index (χ4n) is 3.08. The van der Waals surface area contributed by atoms with Crippen molar-refractivity contribution < 1.29 is 9.53 Å². The Labute approximate surface area is 147 Å². The molecule has 3 heterocycles. The Hall–Kier alpha value is -2.22. The van der Waals surface area contributed by atoms with E-state index in [9.17, 15) is 4.79 Å². The Balaban J connectivity index is 1.65. The van der Waals surface area contributed by atoms with Gasteiger partial charge in [-0.1, -0.05) is 13.8 Å². The molecule has 25 heavy (non-hydrogen) atoms. The molecule has 8 nitrogen and oxygen atoms in total. The normalized spacial score (nSPS) is 20.6. The summed E-state index contributed by atoms with van der Waals surface area (Å²) in [7, 11) is 0. The quantitative estimate of drug-likeness (QED) is 0.835. The van der Waals surface area contributed by atoms with Crippen LogP contribution in [0.4, 0.5) is 0 Å². The standard InChI is InChI=1S/C17H26N6O2/c1-10(2)16-20-14(21-22-16)9-18-17(24)12-6-8-25-15(12)13-5-7-19-23(13)11(3)4/h5,7,10-12,15H,6,8-9H2,1-4H3,(H,18,24)(H,20,21,22)/t12-,15-/m0/s1. The number of nitrogens with zero attached hydrogens (tertiary/aromatic N) is 4. The van der Waals surface area contributed by atoms with Crippen LogP contribution in [0, 0.1) is 5.92 Å². The SMILES string of the molecule is CC(C)c1n[nH]c(CNC(=O)[C@H]2CCO[C@@H]2c2ccnn2C(C)C)n1. The van der Waals surface area contributed by atoms with Gasteiger partial charge in [-0.3, -0.25) is 14.6 Å². The topological polar surface area (TPSA) is 97.7 Å².